The first-order valence-electron chi connectivity index (χ1n) is 5.26. The van der Waals surface area contributed by atoms with E-state index in [4.69, 9.17) is 0 Å². The van der Waals surface area contributed by atoms with E-state index in [2.05, 4.69) is 26.2 Å². The van der Waals surface area contributed by atoms with E-state index in [0.717, 1.165) is 5.56 Å². The van der Waals surface area contributed by atoms with Crippen molar-refractivity contribution in [2.75, 3.05) is 5.32 Å². The molecule has 0 spiro atoms. The number of anilines is 1. The number of carbonyl (C=O) groups excluding carboxylic acids is 1. The van der Waals surface area contributed by atoms with Crippen molar-refractivity contribution in [1.82, 2.24) is 4.98 Å². The maximum Gasteiger partial charge on any atom is 0.259 e. The highest BCUT2D eigenvalue weighted by atomic mass is 79.9. The SMILES string of the molecule is Cc1ccnc(NC(=O)c2cccc(Br)c2F)c1. The van der Waals surface area contributed by atoms with Crippen molar-refractivity contribution in [3.63, 3.8) is 0 Å². The van der Waals surface area contributed by atoms with Crippen molar-refractivity contribution < 1.29 is 9.18 Å². The van der Waals surface area contributed by atoms with Gasteiger partial charge < -0.3 is 5.32 Å². The van der Waals surface area contributed by atoms with Crippen molar-refractivity contribution in [3.8, 4) is 0 Å². The Balaban J connectivity index is 2.25. The first kappa shape index (κ1) is 12.7. The number of halogens is 2. The number of rotatable bonds is 2. The average Bonchev–Trinajstić information content (AvgIpc) is 2.32. The maximum absolute atomic E-state index is 13.7. The summed E-state index contributed by atoms with van der Waals surface area (Å²) in [5, 5.41) is 2.56. The summed E-state index contributed by atoms with van der Waals surface area (Å²) in [4.78, 5) is 15.9. The number of pyridine rings is 1. The van der Waals surface area contributed by atoms with Crippen molar-refractivity contribution in [3.05, 3.63) is 57.9 Å². The smallest absolute Gasteiger partial charge is 0.259 e. The van der Waals surface area contributed by atoms with Gasteiger partial charge in [0.2, 0.25) is 0 Å². The molecule has 1 heterocycles. The van der Waals surface area contributed by atoms with Crippen LogP contribution in [0.4, 0.5) is 10.2 Å². The molecule has 0 radical (unpaired) electrons. The van der Waals surface area contributed by atoms with E-state index in [1.54, 1.807) is 18.3 Å². The summed E-state index contributed by atoms with van der Waals surface area (Å²) in [6.45, 7) is 1.89. The van der Waals surface area contributed by atoms with Crippen LogP contribution in [-0.2, 0) is 0 Å². The zero-order chi connectivity index (χ0) is 13.1. The Hall–Kier alpha value is -1.75. The van der Waals surface area contributed by atoms with Crippen LogP contribution in [-0.4, -0.2) is 10.9 Å². The summed E-state index contributed by atoms with van der Waals surface area (Å²) >= 11 is 3.04. The van der Waals surface area contributed by atoms with Gasteiger partial charge in [0.05, 0.1) is 10.0 Å². The molecule has 0 aliphatic rings. The maximum atomic E-state index is 13.7. The largest absolute Gasteiger partial charge is 0.306 e. The third-order valence-corrected chi connectivity index (χ3v) is 2.97. The molecule has 0 bridgehead atoms. The van der Waals surface area contributed by atoms with Crippen LogP contribution in [0.5, 0.6) is 0 Å². The number of aryl methyl sites for hydroxylation is 1. The molecule has 92 valence electrons. The minimum atomic E-state index is -0.581. The first-order valence-corrected chi connectivity index (χ1v) is 6.05. The number of carbonyl (C=O) groups is 1. The molecule has 2 aromatic rings. The Labute approximate surface area is 112 Å². The zero-order valence-electron chi connectivity index (χ0n) is 9.58. The van der Waals surface area contributed by atoms with Crippen LogP contribution in [0, 0.1) is 12.7 Å². The molecule has 1 N–H and O–H groups in total. The van der Waals surface area contributed by atoms with Gasteiger partial charge in [-0.1, -0.05) is 6.07 Å². The van der Waals surface area contributed by atoms with E-state index < -0.39 is 11.7 Å². The molecule has 3 nitrogen and oxygen atoms in total. The molecular formula is C13H10BrFN2O. The lowest BCUT2D eigenvalue weighted by Gasteiger charge is -2.06. The van der Waals surface area contributed by atoms with Crippen molar-refractivity contribution >= 4 is 27.7 Å². The zero-order valence-corrected chi connectivity index (χ0v) is 11.2. The molecule has 1 amide bonds. The molecule has 0 saturated heterocycles. The number of amides is 1. The minimum absolute atomic E-state index is 0.0207. The number of aromatic nitrogens is 1. The number of benzene rings is 1. The predicted molar refractivity (Wildman–Crippen MR) is 71.0 cm³/mol. The third-order valence-electron chi connectivity index (χ3n) is 2.35. The molecule has 0 fully saturated rings. The molecule has 1 aromatic carbocycles. The Bertz CT molecular complexity index is 601. The highest BCUT2D eigenvalue weighted by molar-refractivity contribution is 9.10. The van der Waals surface area contributed by atoms with Gasteiger partial charge in [0.15, 0.2) is 0 Å². The van der Waals surface area contributed by atoms with Crippen LogP contribution >= 0.6 is 15.9 Å². The fourth-order valence-electron chi connectivity index (χ4n) is 1.47. The molecule has 18 heavy (non-hydrogen) atoms. The van der Waals surface area contributed by atoms with Crippen LogP contribution in [0.3, 0.4) is 0 Å². The van der Waals surface area contributed by atoms with Gasteiger partial charge >= 0.3 is 0 Å². The molecule has 0 atom stereocenters. The quantitative estimate of drug-likeness (QED) is 0.922. The van der Waals surface area contributed by atoms with Gasteiger partial charge in [0.25, 0.3) is 5.91 Å². The summed E-state index contributed by atoms with van der Waals surface area (Å²) < 4.78 is 14.0. The summed E-state index contributed by atoms with van der Waals surface area (Å²) in [6.07, 6.45) is 1.59. The second-order valence-electron chi connectivity index (χ2n) is 3.77. The van der Waals surface area contributed by atoms with Crippen LogP contribution in [0.25, 0.3) is 0 Å². The number of hydrogen-bond donors (Lipinski definition) is 1. The highest BCUT2D eigenvalue weighted by Crippen LogP contribution is 2.19. The minimum Gasteiger partial charge on any atom is -0.306 e. The summed E-state index contributed by atoms with van der Waals surface area (Å²) in [7, 11) is 0. The van der Waals surface area contributed by atoms with Gasteiger partial charge in [0, 0.05) is 6.20 Å². The van der Waals surface area contributed by atoms with Crippen LogP contribution in [0.15, 0.2) is 41.0 Å². The first-order chi connectivity index (χ1) is 8.58. The monoisotopic (exact) mass is 308 g/mol. The number of nitrogens with zero attached hydrogens (tertiary/aromatic N) is 1. The second kappa shape index (κ2) is 5.27. The van der Waals surface area contributed by atoms with Gasteiger partial charge in [-0.25, -0.2) is 9.37 Å². The second-order valence-corrected chi connectivity index (χ2v) is 4.63. The Morgan fingerprint density at radius 1 is 1.39 bits per heavy atom. The molecule has 5 heteroatoms. The summed E-state index contributed by atoms with van der Waals surface area (Å²) in [5.41, 5.74) is 0.947. The van der Waals surface area contributed by atoms with E-state index in [0.29, 0.717) is 5.82 Å². The van der Waals surface area contributed by atoms with Crippen molar-refractivity contribution in [2.45, 2.75) is 6.92 Å². The molecule has 1 aromatic heterocycles. The summed E-state index contributed by atoms with van der Waals surface area (Å²) in [5.74, 6) is -0.700. The lowest BCUT2D eigenvalue weighted by molar-refractivity contribution is 0.102. The van der Waals surface area contributed by atoms with E-state index >= 15 is 0 Å². The van der Waals surface area contributed by atoms with E-state index in [9.17, 15) is 9.18 Å². The normalized spacial score (nSPS) is 10.2. The molecule has 0 unspecified atom stereocenters. The molecule has 0 saturated carbocycles. The molecule has 0 aliphatic carbocycles. The standard InChI is InChI=1S/C13H10BrFN2O/c1-8-5-6-16-11(7-8)17-13(18)9-3-2-4-10(14)12(9)15/h2-7H,1H3,(H,16,17,18). The van der Waals surface area contributed by atoms with E-state index in [1.165, 1.54) is 12.1 Å². The molecule has 0 aliphatic heterocycles. The lowest BCUT2D eigenvalue weighted by Crippen LogP contribution is -2.14. The Morgan fingerprint density at radius 3 is 2.89 bits per heavy atom. The van der Waals surface area contributed by atoms with E-state index in [1.807, 2.05) is 13.0 Å². The predicted octanol–water partition coefficient (Wildman–Crippen LogP) is 3.54. The molecular weight excluding hydrogens is 299 g/mol. The fraction of sp³-hybridized carbons (Fsp3) is 0.0769. The van der Waals surface area contributed by atoms with Crippen LogP contribution < -0.4 is 5.32 Å². The topological polar surface area (TPSA) is 42.0 Å². The number of nitrogens with one attached hydrogen (secondary N) is 1. The Morgan fingerprint density at radius 2 is 2.17 bits per heavy atom. The lowest BCUT2D eigenvalue weighted by atomic mass is 10.2. The average molecular weight is 309 g/mol. The van der Waals surface area contributed by atoms with Gasteiger partial charge in [-0.05, 0) is 52.7 Å². The fourth-order valence-corrected chi connectivity index (χ4v) is 1.83. The van der Waals surface area contributed by atoms with Crippen molar-refractivity contribution in [2.24, 2.45) is 0 Å². The Kier molecular flexibility index (Phi) is 3.72. The van der Waals surface area contributed by atoms with Crippen LogP contribution in [0.1, 0.15) is 15.9 Å². The van der Waals surface area contributed by atoms with Gasteiger partial charge in [-0.15, -0.1) is 0 Å². The number of hydrogen-bond acceptors (Lipinski definition) is 2. The van der Waals surface area contributed by atoms with Gasteiger partial charge in [0.1, 0.15) is 11.6 Å². The third kappa shape index (κ3) is 2.73. The van der Waals surface area contributed by atoms with Crippen LogP contribution in [0.2, 0.25) is 0 Å². The van der Waals surface area contributed by atoms with Gasteiger partial charge in [-0.2, -0.15) is 0 Å². The highest BCUT2D eigenvalue weighted by Gasteiger charge is 2.14. The van der Waals surface area contributed by atoms with Crippen molar-refractivity contribution in [1.29, 1.82) is 0 Å². The van der Waals surface area contributed by atoms with Gasteiger partial charge in [-0.3, -0.25) is 4.79 Å². The van der Waals surface area contributed by atoms with E-state index in [-0.39, 0.29) is 10.0 Å². The summed E-state index contributed by atoms with van der Waals surface area (Å²) in [6, 6.07) is 8.09. The molecule has 2 rings (SSSR count).